The number of carbonyl (C=O) groups is 1. The topological polar surface area (TPSA) is 42.0 Å². The number of hydrogen-bond donors (Lipinski definition) is 1. The van der Waals surface area contributed by atoms with Crippen LogP contribution in [0.25, 0.3) is 11.3 Å². The van der Waals surface area contributed by atoms with Gasteiger partial charge < -0.3 is 5.32 Å². The summed E-state index contributed by atoms with van der Waals surface area (Å²) in [5, 5.41) is 4.44. The van der Waals surface area contributed by atoms with Crippen molar-refractivity contribution >= 4 is 34.5 Å². The van der Waals surface area contributed by atoms with Crippen LogP contribution in [0.5, 0.6) is 0 Å². The molecule has 3 aromatic rings. The Morgan fingerprint density at radius 1 is 1.23 bits per heavy atom. The molecule has 0 saturated carbocycles. The second-order valence-electron chi connectivity index (χ2n) is 5.48. The van der Waals surface area contributed by atoms with Crippen LogP contribution in [0, 0.1) is 6.92 Å². The number of hydrogen-bond acceptors (Lipinski definition) is 3. The number of amides is 1. The van der Waals surface area contributed by atoms with Crippen molar-refractivity contribution in [1.29, 1.82) is 0 Å². The number of benzene rings is 1. The third kappa shape index (κ3) is 3.73. The van der Waals surface area contributed by atoms with Gasteiger partial charge in [-0.25, -0.2) is 0 Å². The molecule has 0 radical (unpaired) electrons. The number of pyridine rings is 1. The van der Waals surface area contributed by atoms with E-state index in [9.17, 15) is 18.0 Å². The van der Waals surface area contributed by atoms with Gasteiger partial charge in [-0.3, -0.25) is 9.78 Å². The number of nitrogens with zero attached hydrogens (tertiary/aromatic N) is 1. The number of nitrogens with one attached hydrogen (secondary N) is 1. The number of aromatic nitrogens is 1. The molecule has 0 saturated heterocycles. The maximum atomic E-state index is 12.8. The smallest absolute Gasteiger partial charge is 0.321 e. The summed E-state index contributed by atoms with van der Waals surface area (Å²) in [4.78, 5) is 16.9. The number of carbonyl (C=O) groups excluding carboxylic acids is 1. The van der Waals surface area contributed by atoms with Crippen LogP contribution < -0.4 is 5.32 Å². The van der Waals surface area contributed by atoms with E-state index in [2.05, 4.69) is 10.3 Å². The Balaban J connectivity index is 1.98. The number of rotatable bonds is 3. The van der Waals surface area contributed by atoms with E-state index in [0.717, 1.165) is 17.8 Å². The van der Waals surface area contributed by atoms with Crippen molar-refractivity contribution in [2.75, 3.05) is 5.32 Å². The molecule has 0 aliphatic carbocycles. The number of para-hydroxylation sites is 1. The molecule has 2 aromatic heterocycles. The van der Waals surface area contributed by atoms with Crippen molar-refractivity contribution < 1.29 is 18.0 Å². The minimum absolute atomic E-state index is 0.145. The fraction of sp³-hybridized carbons (Fsp3) is 0.111. The second kappa shape index (κ2) is 7.09. The molecule has 3 rings (SSSR count). The van der Waals surface area contributed by atoms with Gasteiger partial charge in [-0.15, -0.1) is 11.3 Å². The first-order valence-corrected chi connectivity index (χ1v) is 8.70. The highest BCUT2D eigenvalue weighted by atomic mass is 35.5. The Labute approximate surface area is 156 Å². The number of alkyl halides is 3. The van der Waals surface area contributed by atoms with Crippen LogP contribution >= 0.6 is 22.9 Å². The van der Waals surface area contributed by atoms with Crippen LogP contribution in [0.15, 0.2) is 48.0 Å². The maximum Gasteiger partial charge on any atom is 0.417 e. The van der Waals surface area contributed by atoms with Crippen LogP contribution in [0.4, 0.5) is 18.9 Å². The first-order chi connectivity index (χ1) is 12.3. The van der Waals surface area contributed by atoms with E-state index >= 15 is 0 Å². The van der Waals surface area contributed by atoms with Gasteiger partial charge in [0.25, 0.3) is 5.91 Å². The van der Waals surface area contributed by atoms with Crippen molar-refractivity contribution in [1.82, 2.24) is 4.98 Å². The van der Waals surface area contributed by atoms with Gasteiger partial charge >= 0.3 is 6.18 Å². The summed E-state index contributed by atoms with van der Waals surface area (Å²) in [5.74, 6) is -0.298. The molecular formula is C18H12ClF3N2OS. The average Bonchev–Trinajstić information content (AvgIpc) is 3.01. The van der Waals surface area contributed by atoms with Crippen molar-refractivity contribution in [2.24, 2.45) is 0 Å². The summed E-state index contributed by atoms with van der Waals surface area (Å²) in [6.45, 7) is 1.83. The standard InChI is InChI=1S/C18H12ClF3N2OS/c1-10-6-7-26-16(10)17(25)24-14-5-3-2-4-12(14)15-13(19)8-11(9-23-15)18(20,21)22/h2-9H,1H3,(H,24,25). The first-order valence-electron chi connectivity index (χ1n) is 7.45. The molecule has 1 N–H and O–H groups in total. The molecule has 0 fully saturated rings. The normalized spacial score (nSPS) is 11.4. The van der Waals surface area contributed by atoms with Crippen molar-refractivity contribution in [3.05, 3.63) is 69.0 Å². The molecule has 1 aromatic carbocycles. The quantitative estimate of drug-likeness (QED) is 0.586. The minimum Gasteiger partial charge on any atom is -0.321 e. The molecule has 26 heavy (non-hydrogen) atoms. The second-order valence-corrected chi connectivity index (χ2v) is 6.81. The number of halogens is 4. The van der Waals surface area contributed by atoms with E-state index < -0.39 is 11.7 Å². The van der Waals surface area contributed by atoms with Crippen LogP contribution in [-0.2, 0) is 6.18 Å². The zero-order valence-corrected chi connectivity index (χ0v) is 15.0. The van der Waals surface area contributed by atoms with Crippen molar-refractivity contribution in [3.63, 3.8) is 0 Å². The summed E-state index contributed by atoms with van der Waals surface area (Å²) < 4.78 is 38.4. The average molecular weight is 397 g/mol. The molecule has 0 aliphatic heterocycles. The lowest BCUT2D eigenvalue weighted by atomic mass is 10.1. The first kappa shape index (κ1) is 18.4. The SMILES string of the molecule is Cc1ccsc1C(=O)Nc1ccccc1-c1ncc(C(F)(F)F)cc1Cl. The fourth-order valence-electron chi connectivity index (χ4n) is 2.37. The third-order valence-corrected chi connectivity index (χ3v) is 4.97. The molecule has 134 valence electrons. The van der Waals surface area contributed by atoms with Gasteiger partial charge in [-0.1, -0.05) is 29.8 Å². The van der Waals surface area contributed by atoms with Crippen LogP contribution in [0.3, 0.4) is 0 Å². The molecule has 0 spiro atoms. The van der Waals surface area contributed by atoms with Crippen LogP contribution in [0.1, 0.15) is 20.8 Å². The van der Waals surface area contributed by atoms with E-state index in [1.54, 1.807) is 24.3 Å². The van der Waals surface area contributed by atoms with Crippen molar-refractivity contribution in [2.45, 2.75) is 13.1 Å². The zero-order chi connectivity index (χ0) is 18.9. The summed E-state index contributed by atoms with van der Waals surface area (Å²) in [6, 6.07) is 9.34. The van der Waals surface area contributed by atoms with Crippen LogP contribution in [-0.4, -0.2) is 10.9 Å². The molecule has 2 heterocycles. The number of aryl methyl sites for hydroxylation is 1. The predicted molar refractivity (Wildman–Crippen MR) is 96.7 cm³/mol. The summed E-state index contributed by atoms with van der Waals surface area (Å²) in [6.07, 6.45) is -3.80. The molecule has 0 unspecified atom stereocenters. The molecule has 0 aliphatic rings. The Morgan fingerprint density at radius 3 is 2.58 bits per heavy atom. The highest BCUT2D eigenvalue weighted by molar-refractivity contribution is 7.12. The Hall–Kier alpha value is -2.38. The molecule has 3 nitrogen and oxygen atoms in total. The maximum absolute atomic E-state index is 12.8. The molecule has 0 atom stereocenters. The van der Waals surface area contributed by atoms with Gasteiger partial charge in [-0.05, 0) is 36.1 Å². The van der Waals surface area contributed by atoms with Gasteiger partial charge in [0, 0.05) is 11.8 Å². The van der Waals surface area contributed by atoms with E-state index in [0.29, 0.717) is 16.1 Å². The number of thiophene rings is 1. The molecular weight excluding hydrogens is 385 g/mol. The highest BCUT2D eigenvalue weighted by Gasteiger charge is 2.31. The molecule has 8 heteroatoms. The fourth-order valence-corrected chi connectivity index (χ4v) is 3.46. The summed E-state index contributed by atoms with van der Waals surface area (Å²) in [7, 11) is 0. The van der Waals surface area contributed by atoms with E-state index in [-0.39, 0.29) is 16.6 Å². The van der Waals surface area contributed by atoms with Gasteiger partial charge in [0.2, 0.25) is 0 Å². The van der Waals surface area contributed by atoms with Crippen molar-refractivity contribution in [3.8, 4) is 11.3 Å². The Kier molecular flexibility index (Phi) is 5.02. The third-order valence-electron chi connectivity index (χ3n) is 3.67. The molecule has 0 bridgehead atoms. The minimum atomic E-state index is -4.53. The van der Waals surface area contributed by atoms with Crippen LogP contribution in [0.2, 0.25) is 5.02 Å². The van der Waals surface area contributed by atoms with E-state index in [4.69, 9.17) is 11.6 Å². The molecule has 1 amide bonds. The lowest BCUT2D eigenvalue weighted by molar-refractivity contribution is -0.137. The highest BCUT2D eigenvalue weighted by Crippen LogP contribution is 2.36. The lowest BCUT2D eigenvalue weighted by Gasteiger charge is -2.13. The lowest BCUT2D eigenvalue weighted by Crippen LogP contribution is -2.12. The largest absolute Gasteiger partial charge is 0.417 e. The zero-order valence-electron chi connectivity index (χ0n) is 13.4. The summed E-state index contributed by atoms with van der Waals surface area (Å²) in [5.41, 5.74) is 0.935. The predicted octanol–water partition coefficient (Wildman–Crippen LogP) is 6.04. The van der Waals surface area contributed by atoms with E-state index in [1.807, 2.05) is 18.4 Å². The Morgan fingerprint density at radius 2 is 1.96 bits per heavy atom. The number of anilines is 1. The van der Waals surface area contributed by atoms with Gasteiger partial charge in [0.05, 0.1) is 26.8 Å². The Bertz CT molecular complexity index is 969. The van der Waals surface area contributed by atoms with Gasteiger partial charge in [-0.2, -0.15) is 13.2 Å². The van der Waals surface area contributed by atoms with E-state index in [1.165, 1.54) is 11.3 Å². The van der Waals surface area contributed by atoms with Gasteiger partial charge in [0.1, 0.15) is 0 Å². The monoisotopic (exact) mass is 396 g/mol. The van der Waals surface area contributed by atoms with Gasteiger partial charge in [0.15, 0.2) is 0 Å². The summed E-state index contributed by atoms with van der Waals surface area (Å²) >= 11 is 7.34.